The Morgan fingerprint density at radius 2 is 1.74 bits per heavy atom. The molecule has 2 aromatic carbocycles. The summed E-state index contributed by atoms with van der Waals surface area (Å²) in [5.74, 6) is 1.54. The van der Waals surface area contributed by atoms with Gasteiger partial charge in [0.2, 0.25) is 0 Å². The highest BCUT2D eigenvalue weighted by Gasteiger charge is 2.23. The fourth-order valence-corrected chi connectivity index (χ4v) is 2.95. The van der Waals surface area contributed by atoms with E-state index in [1.54, 1.807) is 0 Å². The van der Waals surface area contributed by atoms with Gasteiger partial charge in [-0.3, -0.25) is 0 Å². The maximum Gasteiger partial charge on any atom is 0.123 e. The molecule has 0 radical (unpaired) electrons. The van der Waals surface area contributed by atoms with Crippen molar-refractivity contribution in [1.29, 1.82) is 0 Å². The highest BCUT2D eigenvalue weighted by molar-refractivity contribution is 5.46. The molecule has 2 aromatic rings. The van der Waals surface area contributed by atoms with Crippen molar-refractivity contribution >= 4 is 0 Å². The molecule has 0 amide bonds. The smallest absolute Gasteiger partial charge is 0.123 e. The van der Waals surface area contributed by atoms with E-state index in [2.05, 4.69) is 55.5 Å². The van der Waals surface area contributed by atoms with E-state index in [1.807, 2.05) is 0 Å². The Morgan fingerprint density at radius 3 is 2.58 bits per heavy atom. The fraction of sp³-hybridized carbons (Fsp3) is 0.333. The number of unbranched alkanes of at least 4 members (excludes halogenated alkanes) is 1. The third-order valence-electron chi connectivity index (χ3n) is 3.95. The van der Waals surface area contributed by atoms with Gasteiger partial charge in [-0.2, -0.15) is 0 Å². The van der Waals surface area contributed by atoms with Crippen LogP contribution in [0.2, 0.25) is 0 Å². The number of benzene rings is 2. The molecule has 0 fully saturated rings. The summed E-state index contributed by atoms with van der Waals surface area (Å²) in [6.45, 7) is 2.95. The van der Waals surface area contributed by atoms with Gasteiger partial charge < -0.3 is 4.74 Å². The number of para-hydroxylation sites is 1. The van der Waals surface area contributed by atoms with Crippen LogP contribution < -0.4 is 4.74 Å². The second-order valence-electron chi connectivity index (χ2n) is 5.22. The predicted molar refractivity (Wildman–Crippen MR) is 78.6 cm³/mol. The molecule has 0 bridgehead atoms. The lowest BCUT2D eigenvalue weighted by atomic mass is 9.85. The highest BCUT2D eigenvalue weighted by Crippen LogP contribution is 2.39. The van der Waals surface area contributed by atoms with Crippen molar-refractivity contribution in [2.75, 3.05) is 0 Å². The van der Waals surface area contributed by atoms with E-state index in [0.29, 0.717) is 12.5 Å². The van der Waals surface area contributed by atoms with Crippen LogP contribution in [0, 0.1) is 0 Å². The standard InChI is InChI=1S/C18H20O/c1-2-3-9-16-15-10-5-4-8-14(15)13-19-18-12-7-6-11-17(16)18/h4-8,10-12,16H,2-3,9,13H2,1H3. The van der Waals surface area contributed by atoms with Gasteiger partial charge in [0.15, 0.2) is 0 Å². The molecule has 1 atom stereocenters. The first-order chi connectivity index (χ1) is 9.40. The van der Waals surface area contributed by atoms with Crippen molar-refractivity contribution in [1.82, 2.24) is 0 Å². The van der Waals surface area contributed by atoms with Crippen LogP contribution in [-0.2, 0) is 6.61 Å². The predicted octanol–water partition coefficient (Wildman–Crippen LogP) is 4.90. The summed E-state index contributed by atoms with van der Waals surface area (Å²) in [5, 5.41) is 0. The summed E-state index contributed by atoms with van der Waals surface area (Å²) >= 11 is 0. The minimum atomic E-state index is 0.481. The van der Waals surface area contributed by atoms with Gasteiger partial charge in [0.05, 0.1) is 0 Å². The molecule has 98 valence electrons. The molecule has 1 aliphatic rings. The Hall–Kier alpha value is -1.76. The zero-order chi connectivity index (χ0) is 13.1. The van der Waals surface area contributed by atoms with Crippen LogP contribution in [0.5, 0.6) is 5.75 Å². The molecular formula is C18H20O. The molecule has 1 unspecified atom stereocenters. The highest BCUT2D eigenvalue weighted by atomic mass is 16.5. The summed E-state index contributed by atoms with van der Waals surface area (Å²) < 4.78 is 5.99. The quantitative estimate of drug-likeness (QED) is 0.754. The Bertz CT molecular complexity index is 512. The van der Waals surface area contributed by atoms with Crippen molar-refractivity contribution in [2.24, 2.45) is 0 Å². The summed E-state index contributed by atoms with van der Waals surface area (Å²) in [4.78, 5) is 0. The van der Waals surface area contributed by atoms with Gasteiger partial charge in [0.1, 0.15) is 12.4 Å². The summed E-state index contributed by atoms with van der Waals surface area (Å²) in [6, 6.07) is 17.2. The lowest BCUT2D eigenvalue weighted by Crippen LogP contribution is -2.02. The van der Waals surface area contributed by atoms with Gasteiger partial charge in [-0.1, -0.05) is 62.2 Å². The van der Waals surface area contributed by atoms with Gasteiger partial charge in [-0.15, -0.1) is 0 Å². The first kappa shape index (κ1) is 12.3. The van der Waals surface area contributed by atoms with Crippen molar-refractivity contribution in [3.05, 3.63) is 65.2 Å². The molecule has 1 heterocycles. The van der Waals surface area contributed by atoms with Crippen LogP contribution in [0.15, 0.2) is 48.5 Å². The van der Waals surface area contributed by atoms with Gasteiger partial charge in [-0.05, 0) is 23.6 Å². The molecule has 0 saturated carbocycles. The average molecular weight is 252 g/mol. The maximum absolute atomic E-state index is 5.99. The molecule has 1 heteroatoms. The Morgan fingerprint density at radius 1 is 1.00 bits per heavy atom. The zero-order valence-corrected chi connectivity index (χ0v) is 11.4. The normalized spacial score (nSPS) is 17.0. The monoisotopic (exact) mass is 252 g/mol. The number of rotatable bonds is 3. The molecule has 19 heavy (non-hydrogen) atoms. The molecule has 3 rings (SSSR count). The Labute approximate surface area is 115 Å². The minimum absolute atomic E-state index is 0.481. The average Bonchev–Trinajstić information content (AvgIpc) is 2.62. The van der Waals surface area contributed by atoms with Gasteiger partial charge in [0, 0.05) is 11.5 Å². The summed E-state index contributed by atoms with van der Waals surface area (Å²) in [6.07, 6.45) is 3.70. The zero-order valence-electron chi connectivity index (χ0n) is 11.4. The molecule has 1 nitrogen and oxygen atoms in total. The largest absolute Gasteiger partial charge is 0.489 e. The summed E-state index contributed by atoms with van der Waals surface area (Å²) in [5.41, 5.74) is 4.13. The number of fused-ring (bicyclic) bond motifs is 2. The van der Waals surface area contributed by atoms with Crippen molar-refractivity contribution < 1.29 is 4.74 Å². The second kappa shape index (κ2) is 5.48. The third-order valence-corrected chi connectivity index (χ3v) is 3.95. The molecule has 0 aliphatic carbocycles. The van der Waals surface area contributed by atoms with Crippen LogP contribution in [0.3, 0.4) is 0 Å². The van der Waals surface area contributed by atoms with E-state index in [0.717, 1.165) is 5.75 Å². The third kappa shape index (κ3) is 2.37. The van der Waals surface area contributed by atoms with E-state index in [4.69, 9.17) is 4.74 Å². The molecule has 0 aromatic heterocycles. The van der Waals surface area contributed by atoms with Crippen LogP contribution in [0.1, 0.15) is 48.8 Å². The SMILES string of the molecule is CCCCC1c2ccccc2COc2ccccc21. The molecule has 0 N–H and O–H groups in total. The van der Waals surface area contributed by atoms with Crippen molar-refractivity contribution in [2.45, 2.75) is 38.7 Å². The fourth-order valence-electron chi connectivity index (χ4n) is 2.95. The molecule has 0 spiro atoms. The first-order valence-electron chi connectivity index (χ1n) is 7.19. The van der Waals surface area contributed by atoms with Gasteiger partial charge in [-0.25, -0.2) is 0 Å². The van der Waals surface area contributed by atoms with E-state index in [9.17, 15) is 0 Å². The van der Waals surface area contributed by atoms with Crippen LogP contribution in [0.25, 0.3) is 0 Å². The summed E-state index contributed by atoms with van der Waals surface area (Å²) in [7, 11) is 0. The van der Waals surface area contributed by atoms with E-state index < -0.39 is 0 Å². The topological polar surface area (TPSA) is 9.23 Å². The number of hydrogen-bond donors (Lipinski definition) is 0. The van der Waals surface area contributed by atoms with E-state index in [-0.39, 0.29) is 0 Å². The number of hydrogen-bond acceptors (Lipinski definition) is 1. The van der Waals surface area contributed by atoms with Crippen LogP contribution in [-0.4, -0.2) is 0 Å². The van der Waals surface area contributed by atoms with Crippen molar-refractivity contribution in [3.63, 3.8) is 0 Å². The number of ether oxygens (including phenoxy) is 1. The Kier molecular flexibility index (Phi) is 3.54. The molecular weight excluding hydrogens is 232 g/mol. The van der Waals surface area contributed by atoms with Crippen LogP contribution >= 0.6 is 0 Å². The van der Waals surface area contributed by atoms with E-state index in [1.165, 1.54) is 36.0 Å². The first-order valence-corrected chi connectivity index (χ1v) is 7.19. The Balaban J connectivity index is 2.08. The molecule has 1 aliphatic heterocycles. The van der Waals surface area contributed by atoms with Crippen LogP contribution in [0.4, 0.5) is 0 Å². The van der Waals surface area contributed by atoms with E-state index >= 15 is 0 Å². The molecule has 0 saturated heterocycles. The minimum Gasteiger partial charge on any atom is -0.489 e. The lowest BCUT2D eigenvalue weighted by Gasteiger charge is -2.18. The maximum atomic E-state index is 5.99. The van der Waals surface area contributed by atoms with Gasteiger partial charge >= 0.3 is 0 Å². The van der Waals surface area contributed by atoms with Crippen molar-refractivity contribution in [3.8, 4) is 5.75 Å². The second-order valence-corrected chi connectivity index (χ2v) is 5.22. The lowest BCUT2D eigenvalue weighted by molar-refractivity contribution is 0.306. The van der Waals surface area contributed by atoms with Gasteiger partial charge in [0.25, 0.3) is 0 Å².